The first-order valence-electron chi connectivity index (χ1n) is 4.64. The third-order valence-corrected chi connectivity index (χ3v) is 1.81. The molecular weight excluding hydrogens is 160 g/mol. The fourth-order valence-electron chi connectivity index (χ4n) is 1.03. The molecule has 0 aromatic heterocycles. The molecule has 0 atom stereocenters. The molecule has 1 aromatic rings. The zero-order chi connectivity index (χ0) is 9.52. The molecule has 0 saturated carbocycles. The van der Waals surface area contributed by atoms with Gasteiger partial charge in [0.15, 0.2) is 0 Å². The van der Waals surface area contributed by atoms with Gasteiger partial charge in [-0.05, 0) is 12.5 Å². The van der Waals surface area contributed by atoms with Crippen LogP contribution in [0.25, 0.3) is 0 Å². The van der Waals surface area contributed by atoms with E-state index >= 15 is 0 Å². The molecule has 2 N–H and O–H groups in total. The Kier molecular flexibility index (Phi) is 4.03. The maximum atomic E-state index is 7.67. The molecule has 2 heteroatoms. The molecule has 0 aliphatic rings. The first kappa shape index (κ1) is 9.78. The molecule has 0 unspecified atom stereocenters. The van der Waals surface area contributed by atoms with Gasteiger partial charge in [0.1, 0.15) is 5.84 Å². The number of hydrogen-bond acceptors (Lipinski definition) is 1. The number of unbranched alkanes of at least 4 members (excludes halogenated alkanes) is 1. The van der Waals surface area contributed by atoms with Gasteiger partial charge < -0.3 is 5.32 Å². The van der Waals surface area contributed by atoms with E-state index in [4.69, 9.17) is 5.41 Å². The summed E-state index contributed by atoms with van der Waals surface area (Å²) < 4.78 is 0. The largest absolute Gasteiger partial charge is 0.370 e. The molecule has 1 rings (SSSR count). The van der Waals surface area contributed by atoms with E-state index in [1.807, 2.05) is 24.3 Å². The standard InChI is InChI=1S/C11H15N2/c1-2-3-9-13-11(12)10-7-5-4-6-8-10/h4-7H,2-3,9H2,1H3,(H2,12,13). The highest BCUT2D eigenvalue weighted by Crippen LogP contribution is 1.96. The molecule has 1 radical (unpaired) electrons. The predicted molar refractivity (Wildman–Crippen MR) is 55.0 cm³/mol. The summed E-state index contributed by atoms with van der Waals surface area (Å²) in [5.74, 6) is 0.467. The van der Waals surface area contributed by atoms with E-state index < -0.39 is 0 Å². The predicted octanol–water partition coefficient (Wildman–Crippen LogP) is 2.20. The van der Waals surface area contributed by atoms with Crippen LogP contribution in [0.2, 0.25) is 0 Å². The SMILES string of the molecule is CCCCNC(=N)c1[c]cccc1. The van der Waals surface area contributed by atoms with E-state index in [1.54, 1.807) is 0 Å². The van der Waals surface area contributed by atoms with E-state index in [2.05, 4.69) is 18.3 Å². The fraction of sp³-hybridized carbons (Fsp3) is 0.364. The molecular formula is C11H15N2. The number of benzene rings is 1. The van der Waals surface area contributed by atoms with Crippen LogP contribution in [0.4, 0.5) is 0 Å². The topological polar surface area (TPSA) is 35.9 Å². The summed E-state index contributed by atoms with van der Waals surface area (Å²) >= 11 is 0. The van der Waals surface area contributed by atoms with Gasteiger partial charge in [-0.3, -0.25) is 5.41 Å². The van der Waals surface area contributed by atoms with Gasteiger partial charge in [-0.1, -0.05) is 37.6 Å². The van der Waals surface area contributed by atoms with Crippen molar-refractivity contribution in [2.45, 2.75) is 19.8 Å². The van der Waals surface area contributed by atoms with Gasteiger partial charge in [0.05, 0.1) is 0 Å². The van der Waals surface area contributed by atoms with Crippen molar-refractivity contribution >= 4 is 5.84 Å². The van der Waals surface area contributed by atoms with Gasteiger partial charge in [0.2, 0.25) is 0 Å². The molecule has 0 bridgehead atoms. The lowest BCUT2D eigenvalue weighted by Crippen LogP contribution is -2.24. The molecule has 0 fully saturated rings. The summed E-state index contributed by atoms with van der Waals surface area (Å²) in [6, 6.07) is 10.5. The van der Waals surface area contributed by atoms with Crippen molar-refractivity contribution in [1.29, 1.82) is 5.41 Å². The summed E-state index contributed by atoms with van der Waals surface area (Å²) in [7, 11) is 0. The summed E-state index contributed by atoms with van der Waals surface area (Å²) in [5.41, 5.74) is 0.832. The Labute approximate surface area is 79.5 Å². The van der Waals surface area contributed by atoms with Crippen LogP contribution in [0.3, 0.4) is 0 Å². The quantitative estimate of drug-likeness (QED) is 0.411. The number of nitrogens with one attached hydrogen (secondary N) is 2. The van der Waals surface area contributed by atoms with E-state index in [-0.39, 0.29) is 0 Å². The minimum atomic E-state index is 0.467. The second kappa shape index (κ2) is 5.36. The van der Waals surface area contributed by atoms with Crippen molar-refractivity contribution in [1.82, 2.24) is 5.32 Å². The lowest BCUT2D eigenvalue weighted by molar-refractivity contribution is 0.753. The maximum Gasteiger partial charge on any atom is 0.126 e. The van der Waals surface area contributed by atoms with E-state index in [1.165, 1.54) is 0 Å². The highest BCUT2D eigenvalue weighted by Gasteiger charge is 1.97. The van der Waals surface area contributed by atoms with Gasteiger partial charge in [-0.2, -0.15) is 0 Å². The van der Waals surface area contributed by atoms with Crippen LogP contribution in [0.15, 0.2) is 24.3 Å². The zero-order valence-electron chi connectivity index (χ0n) is 7.93. The highest BCUT2D eigenvalue weighted by atomic mass is 14.9. The average Bonchev–Trinajstić information content (AvgIpc) is 2.19. The van der Waals surface area contributed by atoms with Crippen molar-refractivity contribution in [3.05, 3.63) is 35.9 Å². The van der Waals surface area contributed by atoms with Gasteiger partial charge >= 0.3 is 0 Å². The first-order valence-corrected chi connectivity index (χ1v) is 4.64. The summed E-state index contributed by atoms with van der Waals surface area (Å²) in [4.78, 5) is 0. The molecule has 0 spiro atoms. The van der Waals surface area contributed by atoms with Crippen molar-refractivity contribution in [2.75, 3.05) is 6.54 Å². The van der Waals surface area contributed by atoms with Gasteiger partial charge in [-0.25, -0.2) is 0 Å². The second-order valence-electron chi connectivity index (χ2n) is 2.93. The van der Waals surface area contributed by atoms with Crippen molar-refractivity contribution in [3.63, 3.8) is 0 Å². The summed E-state index contributed by atoms with van der Waals surface area (Å²) in [6.45, 7) is 3.01. The number of hydrogen-bond donors (Lipinski definition) is 2. The smallest absolute Gasteiger partial charge is 0.126 e. The minimum Gasteiger partial charge on any atom is -0.370 e. The Morgan fingerprint density at radius 2 is 2.38 bits per heavy atom. The van der Waals surface area contributed by atoms with Crippen LogP contribution in [0.1, 0.15) is 25.3 Å². The highest BCUT2D eigenvalue weighted by molar-refractivity contribution is 5.95. The number of amidine groups is 1. The Hall–Kier alpha value is -1.31. The third kappa shape index (κ3) is 3.28. The average molecular weight is 175 g/mol. The number of rotatable bonds is 4. The normalized spacial score (nSPS) is 9.62. The Morgan fingerprint density at radius 1 is 1.54 bits per heavy atom. The van der Waals surface area contributed by atoms with E-state index in [0.717, 1.165) is 24.9 Å². The molecule has 0 saturated heterocycles. The molecule has 1 aromatic carbocycles. The molecule has 0 aliphatic carbocycles. The second-order valence-corrected chi connectivity index (χ2v) is 2.93. The van der Waals surface area contributed by atoms with Crippen molar-refractivity contribution < 1.29 is 0 Å². The van der Waals surface area contributed by atoms with Crippen LogP contribution in [-0.2, 0) is 0 Å². The van der Waals surface area contributed by atoms with Gasteiger partial charge in [0, 0.05) is 12.1 Å². The molecule has 69 valence electrons. The zero-order valence-corrected chi connectivity index (χ0v) is 7.93. The van der Waals surface area contributed by atoms with E-state index in [9.17, 15) is 0 Å². The first-order chi connectivity index (χ1) is 6.34. The van der Waals surface area contributed by atoms with Crippen LogP contribution >= 0.6 is 0 Å². The molecule has 0 heterocycles. The maximum absolute atomic E-state index is 7.67. The van der Waals surface area contributed by atoms with Crippen LogP contribution in [0.5, 0.6) is 0 Å². The van der Waals surface area contributed by atoms with Crippen LogP contribution in [-0.4, -0.2) is 12.4 Å². The molecule has 0 amide bonds. The van der Waals surface area contributed by atoms with E-state index in [0.29, 0.717) is 5.84 Å². The minimum absolute atomic E-state index is 0.467. The van der Waals surface area contributed by atoms with Gasteiger partial charge in [-0.15, -0.1) is 0 Å². The van der Waals surface area contributed by atoms with Crippen molar-refractivity contribution in [2.24, 2.45) is 0 Å². The van der Waals surface area contributed by atoms with Crippen LogP contribution < -0.4 is 5.32 Å². The van der Waals surface area contributed by atoms with Gasteiger partial charge in [0.25, 0.3) is 0 Å². The molecule has 13 heavy (non-hydrogen) atoms. The lowest BCUT2D eigenvalue weighted by atomic mass is 10.2. The summed E-state index contributed by atoms with van der Waals surface area (Å²) in [6.07, 6.45) is 2.26. The Bertz CT molecular complexity index is 254. The lowest BCUT2D eigenvalue weighted by Gasteiger charge is -2.05. The Balaban J connectivity index is 2.40. The fourth-order valence-corrected chi connectivity index (χ4v) is 1.03. The molecule has 0 aliphatic heterocycles. The third-order valence-electron chi connectivity index (χ3n) is 1.81. The van der Waals surface area contributed by atoms with Crippen LogP contribution in [0, 0.1) is 11.5 Å². The monoisotopic (exact) mass is 175 g/mol. The van der Waals surface area contributed by atoms with Crippen molar-refractivity contribution in [3.8, 4) is 0 Å². The molecule has 2 nitrogen and oxygen atoms in total. The Morgan fingerprint density at radius 3 is 3.00 bits per heavy atom. The summed E-state index contributed by atoms with van der Waals surface area (Å²) in [5, 5.41) is 10.7.